The van der Waals surface area contributed by atoms with Crippen LogP contribution in [0.2, 0.25) is 0 Å². The zero-order chi connectivity index (χ0) is 17.4. The number of hydrogen-bond acceptors (Lipinski definition) is 3. The first-order valence-corrected chi connectivity index (χ1v) is 7.65. The van der Waals surface area contributed by atoms with Crippen LogP contribution in [0.4, 0.5) is 4.39 Å². The van der Waals surface area contributed by atoms with Crippen LogP contribution in [0.5, 0.6) is 11.5 Å². The minimum atomic E-state index is -0.294. The van der Waals surface area contributed by atoms with Crippen molar-refractivity contribution in [3.05, 3.63) is 59.4 Å². The van der Waals surface area contributed by atoms with Gasteiger partial charge in [0.1, 0.15) is 12.4 Å². The zero-order valence-electron chi connectivity index (χ0n) is 13.4. The molecule has 0 fully saturated rings. The number of hydrogen-bond donors (Lipinski definition) is 3. The highest BCUT2D eigenvalue weighted by molar-refractivity contribution is 7.80. The summed E-state index contributed by atoms with van der Waals surface area (Å²) in [7, 11) is 3.28. The van der Waals surface area contributed by atoms with Crippen LogP contribution in [0.25, 0.3) is 0 Å². The molecule has 0 unspecified atom stereocenters. The van der Waals surface area contributed by atoms with E-state index in [1.54, 1.807) is 50.7 Å². The van der Waals surface area contributed by atoms with E-state index < -0.39 is 0 Å². The molecule has 2 aromatic rings. The average Bonchev–Trinajstić information content (AvgIpc) is 2.61. The van der Waals surface area contributed by atoms with Crippen LogP contribution in [0.3, 0.4) is 0 Å². The van der Waals surface area contributed by atoms with Crippen molar-refractivity contribution in [1.29, 1.82) is 0 Å². The molecular formula is C17H19FN3O2S+. The van der Waals surface area contributed by atoms with Crippen molar-refractivity contribution in [3.63, 3.8) is 0 Å². The Morgan fingerprint density at radius 2 is 2.04 bits per heavy atom. The lowest BCUT2D eigenvalue weighted by molar-refractivity contribution is -0.500. The van der Waals surface area contributed by atoms with Gasteiger partial charge < -0.3 is 14.8 Å². The Balaban J connectivity index is 2.06. The number of halogens is 1. The van der Waals surface area contributed by atoms with Gasteiger partial charge in [0.15, 0.2) is 17.7 Å². The fourth-order valence-electron chi connectivity index (χ4n) is 1.91. The lowest BCUT2D eigenvalue weighted by Crippen LogP contribution is -2.82. The van der Waals surface area contributed by atoms with Crippen molar-refractivity contribution in [2.45, 2.75) is 6.61 Å². The van der Waals surface area contributed by atoms with E-state index >= 15 is 0 Å². The molecule has 0 aliphatic rings. The van der Waals surface area contributed by atoms with E-state index in [1.807, 2.05) is 6.07 Å². The highest BCUT2D eigenvalue weighted by Gasteiger charge is 2.08. The second kappa shape index (κ2) is 8.83. The van der Waals surface area contributed by atoms with E-state index in [0.717, 1.165) is 5.56 Å². The van der Waals surface area contributed by atoms with Crippen molar-refractivity contribution in [3.8, 4) is 11.5 Å². The maximum Gasteiger partial charge on any atom is 0.223 e. The van der Waals surface area contributed by atoms with Crippen molar-refractivity contribution >= 4 is 23.5 Å². The minimum Gasteiger partial charge on any atom is -0.493 e. The first-order valence-electron chi connectivity index (χ1n) is 7.24. The van der Waals surface area contributed by atoms with Crippen LogP contribution in [-0.4, -0.2) is 25.5 Å². The number of rotatable bonds is 6. The van der Waals surface area contributed by atoms with Gasteiger partial charge in [-0.3, -0.25) is 0 Å². The molecule has 0 spiro atoms. The van der Waals surface area contributed by atoms with E-state index in [2.05, 4.69) is 15.8 Å². The molecule has 0 saturated heterocycles. The summed E-state index contributed by atoms with van der Waals surface area (Å²) in [5, 5.41) is 6.12. The number of methoxy groups -OCH3 is 1. The average molecular weight is 348 g/mol. The Bertz CT molecular complexity index is 738. The van der Waals surface area contributed by atoms with E-state index in [0.29, 0.717) is 22.2 Å². The highest BCUT2D eigenvalue weighted by Crippen LogP contribution is 2.28. The molecule has 0 heterocycles. The lowest BCUT2D eigenvalue weighted by Gasteiger charge is -2.11. The fourth-order valence-corrected chi connectivity index (χ4v) is 1.97. The molecule has 0 aliphatic heterocycles. The molecule has 3 N–H and O–H groups in total. The third-order valence-electron chi connectivity index (χ3n) is 3.18. The normalized spacial score (nSPS) is 10.5. The van der Waals surface area contributed by atoms with Crippen molar-refractivity contribution in [1.82, 2.24) is 10.7 Å². The number of ether oxygens (including phenoxy) is 2. The van der Waals surface area contributed by atoms with Gasteiger partial charge in [-0.15, -0.1) is 10.5 Å². The SMILES string of the molecule is CNC(=S)N[NH+]=Cc1ccc(OCc2ccccc2F)c(OC)c1. The maximum absolute atomic E-state index is 13.6. The van der Waals surface area contributed by atoms with Gasteiger partial charge in [-0.05, 0) is 36.5 Å². The van der Waals surface area contributed by atoms with Crippen LogP contribution in [0, 0.1) is 5.82 Å². The fraction of sp³-hybridized carbons (Fsp3) is 0.176. The minimum absolute atomic E-state index is 0.127. The largest absolute Gasteiger partial charge is 0.493 e. The number of thiocarbonyl (C=S) groups is 1. The first-order chi connectivity index (χ1) is 11.6. The molecular weight excluding hydrogens is 329 g/mol. The van der Waals surface area contributed by atoms with Crippen LogP contribution in [-0.2, 0) is 6.61 Å². The predicted octanol–water partition coefficient (Wildman–Crippen LogP) is 0.922. The van der Waals surface area contributed by atoms with Gasteiger partial charge in [0.25, 0.3) is 0 Å². The second-order valence-electron chi connectivity index (χ2n) is 4.78. The number of hydrazine groups is 1. The van der Waals surface area contributed by atoms with E-state index in [4.69, 9.17) is 21.7 Å². The second-order valence-corrected chi connectivity index (χ2v) is 5.19. The molecule has 7 heteroatoms. The molecule has 0 atom stereocenters. The van der Waals surface area contributed by atoms with Crippen molar-refractivity contribution in [2.75, 3.05) is 14.2 Å². The smallest absolute Gasteiger partial charge is 0.223 e. The molecule has 0 amide bonds. The molecule has 5 nitrogen and oxygen atoms in total. The number of benzene rings is 2. The Morgan fingerprint density at radius 1 is 1.25 bits per heavy atom. The van der Waals surface area contributed by atoms with Gasteiger partial charge in [-0.1, -0.05) is 18.2 Å². The molecule has 2 rings (SSSR count). The Morgan fingerprint density at radius 3 is 2.75 bits per heavy atom. The molecule has 24 heavy (non-hydrogen) atoms. The molecule has 2 aromatic carbocycles. The summed E-state index contributed by atoms with van der Waals surface area (Å²) >= 11 is 4.95. The Kier molecular flexibility index (Phi) is 6.51. The summed E-state index contributed by atoms with van der Waals surface area (Å²) in [6.07, 6.45) is 1.73. The predicted molar refractivity (Wildman–Crippen MR) is 94.6 cm³/mol. The summed E-state index contributed by atoms with van der Waals surface area (Å²) in [6, 6.07) is 11.9. The summed E-state index contributed by atoms with van der Waals surface area (Å²) in [5.74, 6) is 0.798. The monoisotopic (exact) mass is 348 g/mol. The van der Waals surface area contributed by atoms with Gasteiger partial charge in [0.2, 0.25) is 5.11 Å². The lowest BCUT2D eigenvalue weighted by atomic mass is 10.2. The third-order valence-corrected chi connectivity index (χ3v) is 3.49. The van der Waals surface area contributed by atoms with E-state index in [-0.39, 0.29) is 12.4 Å². The van der Waals surface area contributed by atoms with Gasteiger partial charge >= 0.3 is 0 Å². The van der Waals surface area contributed by atoms with Crippen LogP contribution in [0.15, 0.2) is 42.5 Å². The van der Waals surface area contributed by atoms with Gasteiger partial charge in [-0.2, -0.15) is 0 Å². The quantitative estimate of drug-likeness (QED) is 0.412. The molecule has 126 valence electrons. The Labute approximate surface area is 145 Å². The molecule has 0 radical (unpaired) electrons. The summed E-state index contributed by atoms with van der Waals surface area (Å²) in [4.78, 5) is 0. The topological polar surface area (TPSA) is 56.5 Å². The first kappa shape index (κ1) is 17.7. The number of hydrazone groups is 1. The highest BCUT2D eigenvalue weighted by atomic mass is 32.1. The van der Waals surface area contributed by atoms with Crippen molar-refractivity contribution < 1.29 is 19.0 Å². The Hall–Kier alpha value is -2.67. The van der Waals surface area contributed by atoms with Crippen molar-refractivity contribution in [2.24, 2.45) is 0 Å². The van der Waals surface area contributed by atoms with Crippen LogP contribution < -0.4 is 25.3 Å². The zero-order valence-corrected chi connectivity index (χ0v) is 14.2. The molecule has 0 bridgehead atoms. The number of nitrogens with one attached hydrogen (secondary N) is 3. The summed E-state index contributed by atoms with van der Waals surface area (Å²) in [5.41, 5.74) is 4.13. The molecule has 0 saturated carbocycles. The van der Waals surface area contributed by atoms with Crippen LogP contribution >= 0.6 is 12.2 Å². The van der Waals surface area contributed by atoms with Crippen LogP contribution in [0.1, 0.15) is 11.1 Å². The molecule has 0 aromatic heterocycles. The van der Waals surface area contributed by atoms with E-state index in [1.165, 1.54) is 6.07 Å². The van der Waals surface area contributed by atoms with E-state index in [9.17, 15) is 4.39 Å². The van der Waals surface area contributed by atoms with Gasteiger partial charge in [-0.25, -0.2) is 4.39 Å². The standard InChI is InChI=1S/C17H18FN3O2S/c1-19-17(24)21-20-10-12-7-8-15(16(9-12)22-2)23-11-13-5-3-4-6-14(13)18/h3-10H,11H2,1-2H3,(H2,19,21,24)/p+1. The molecule has 0 aliphatic carbocycles. The van der Waals surface area contributed by atoms with Gasteiger partial charge in [0.05, 0.1) is 7.11 Å². The van der Waals surface area contributed by atoms with Gasteiger partial charge in [0, 0.05) is 18.2 Å². The summed E-state index contributed by atoms with van der Waals surface area (Å²) < 4.78 is 24.6. The maximum atomic E-state index is 13.6. The summed E-state index contributed by atoms with van der Waals surface area (Å²) in [6.45, 7) is 0.127. The third kappa shape index (κ3) is 4.92.